The van der Waals surface area contributed by atoms with Gasteiger partial charge < -0.3 is 25.7 Å². The highest BCUT2D eigenvalue weighted by atomic mass is 19.1. The molecule has 4 aliphatic rings. The molecule has 1 saturated carbocycles. The lowest BCUT2D eigenvalue weighted by molar-refractivity contribution is -0.151. The second-order valence-corrected chi connectivity index (χ2v) is 8.93. The highest BCUT2D eigenvalue weighted by Crippen LogP contribution is 2.41. The molecule has 4 N–H and O–H groups in total. The Bertz CT molecular complexity index is 1320. The van der Waals surface area contributed by atoms with E-state index in [1.807, 2.05) is 0 Å². The van der Waals surface area contributed by atoms with E-state index in [0.717, 1.165) is 5.57 Å². The van der Waals surface area contributed by atoms with Crippen molar-refractivity contribution in [1.29, 1.82) is 0 Å². The van der Waals surface area contributed by atoms with Crippen LogP contribution in [0.15, 0.2) is 34.6 Å². The number of amides is 3. The number of aliphatic hydroxyl groups is 1. The van der Waals surface area contributed by atoms with Gasteiger partial charge in [0.25, 0.3) is 11.5 Å². The van der Waals surface area contributed by atoms with Gasteiger partial charge in [0.1, 0.15) is 5.82 Å². The van der Waals surface area contributed by atoms with Gasteiger partial charge in [0.2, 0.25) is 5.75 Å². The molecule has 1 aromatic heterocycles. The van der Waals surface area contributed by atoms with E-state index in [-0.39, 0.29) is 43.6 Å². The van der Waals surface area contributed by atoms with Gasteiger partial charge in [-0.3, -0.25) is 23.7 Å². The third kappa shape index (κ3) is 4.16. The van der Waals surface area contributed by atoms with Crippen molar-refractivity contribution in [2.75, 3.05) is 13.1 Å². The summed E-state index contributed by atoms with van der Waals surface area (Å²) in [7, 11) is 0. The Morgan fingerprint density at radius 2 is 1.80 bits per heavy atom. The highest BCUT2D eigenvalue weighted by Gasteiger charge is 2.38. The molecule has 182 valence electrons. The number of hydrogen-bond donors (Lipinski definition) is 4. The van der Waals surface area contributed by atoms with Gasteiger partial charge in [-0.1, -0.05) is 12.1 Å². The number of rotatable bonds is 4. The molecule has 2 aromatic rings. The first-order chi connectivity index (χ1) is 16.7. The summed E-state index contributed by atoms with van der Waals surface area (Å²) in [4.78, 5) is 56.1. The molecule has 35 heavy (non-hydrogen) atoms. The first-order valence-corrected chi connectivity index (χ1v) is 11.1. The number of carbonyl (C=O) groups excluding carboxylic acids is 3. The molecule has 4 heterocycles. The van der Waals surface area contributed by atoms with E-state index < -0.39 is 46.6 Å². The Balaban J connectivity index is 1.43. The number of β-amino-alcohol motifs (C(OH)–C–C–N with tert-alkyl or cyclic N) is 1. The van der Waals surface area contributed by atoms with Crippen LogP contribution in [0, 0.1) is 11.7 Å². The smallest absolute Gasteiger partial charge is 0.314 e. The Hall–Kier alpha value is -4.06. The molecule has 3 amide bonds. The lowest BCUT2D eigenvalue weighted by Crippen LogP contribution is -2.57. The number of nitrogens with one attached hydrogen (secondary N) is 2. The van der Waals surface area contributed by atoms with Gasteiger partial charge in [0.15, 0.2) is 11.5 Å². The summed E-state index contributed by atoms with van der Waals surface area (Å²) in [5, 5.41) is 24.9. The Morgan fingerprint density at radius 1 is 1.11 bits per heavy atom. The summed E-state index contributed by atoms with van der Waals surface area (Å²) in [6.45, 7) is 0.352. The fraction of sp³-hybridized carbons (Fsp3) is 0.348. The summed E-state index contributed by atoms with van der Waals surface area (Å²) in [6.07, 6.45) is 0.475. The van der Waals surface area contributed by atoms with Crippen molar-refractivity contribution < 1.29 is 29.0 Å². The molecular weight excluding hydrogens is 461 g/mol. The van der Waals surface area contributed by atoms with Crippen molar-refractivity contribution >= 4 is 23.4 Å². The van der Waals surface area contributed by atoms with Crippen molar-refractivity contribution in [2.24, 2.45) is 5.92 Å². The molecule has 2 fully saturated rings. The highest BCUT2D eigenvalue weighted by molar-refractivity contribution is 6.36. The van der Waals surface area contributed by atoms with Crippen molar-refractivity contribution in [3.63, 3.8) is 0 Å². The zero-order chi connectivity index (χ0) is 24.9. The molecule has 0 radical (unpaired) electrons. The van der Waals surface area contributed by atoms with Crippen molar-refractivity contribution in [1.82, 2.24) is 25.1 Å². The number of allylic oxidation sites excluding steroid dienone is 1. The van der Waals surface area contributed by atoms with Crippen molar-refractivity contribution in [3.05, 3.63) is 63.1 Å². The molecule has 1 saturated heterocycles. The lowest BCUT2D eigenvalue weighted by atomic mass is 9.80. The maximum atomic E-state index is 13.1. The average molecular weight is 483 g/mol. The predicted molar refractivity (Wildman–Crippen MR) is 118 cm³/mol. The van der Waals surface area contributed by atoms with Crippen LogP contribution in [0.5, 0.6) is 5.75 Å². The first-order valence-electron chi connectivity index (χ1n) is 11.1. The summed E-state index contributed by atoms with van der Waals surface area (Å²) in [5.74, 6) is -3.77. The molecule has 2 bridgehead atoms. The van der Waals surface area contributed by atoms with Crippen LogP contribution in [-0.4, -0.2) is 61.6 Å². The third-order valence-corrected chi connectivity index (χ3v) is 6.40. The number of nitrogens with zero attached hydrogens (tertiary/aromatic N) is 3. The molecule has 1 aromatic carbocycles. The van der Waals surface area contributed by atoms with Crippen LogP contribution < -0.4 is 16.2 Å². The Kier molecular flexibility index (Phi) is 5.59. The Morgan fingerprint density at radius 3 is 2.46 bits per heavy atom. The largest absolute Gasteiger partial charge is 0.501 e. The monoisotopic (exact) mass is 483 g/mol. The van der Waals surface area contributed by atoms with Crippen LogP contribution >= 0.6 is 0 Å². The number of carbonyl (C=O) groups is 3. The van der Waals surface area contributed by atoms with Gasteiger partial charge in [-0.25, -0.2) is 9.37 Å². The number of halogens is 1. The number of benzene rings is 1. The molecular formula is C23H22FN5O6. The van der Waals surface area contributed by atoms with Crippen molar-refractivity contribution in [2.45, 2.75) is 32.0 Å². The zero-order valence-corrected chi connectivity index (χ0v) is 18.5. The number of aromatic nitrogens is 2. The second kappa shape index (κ2) is 8.62. The molecule has 0 spiro atoms. The summed E-state index contributed by atoms with van der Waals surface area (Å²) in [6, 6.07) is 5.44. The zero-order valence-electron chi connectivity index (χ0n) is 18.5. The SMILES string of the molecule is O=C(NC1=C2CC(C2)Cn2c1nc(C(=O)NCc1ccc(F)cc1)c(O)c2=O)C(=O)N1CC(O)C1. The number of aliphatic hydroxyl groups excluding tert-OH is 1. The van der Waals surface area contributed by atoms with Crippen LogP contribution in [0.3, 0.4) is 0 Å². The summed E-state index contributed by atoms with van der Waals surface area (Å²) < 4.78 is 14.3. The lowest BCUT2D eigenvalue weighted by Gasteiger charge is -2.35. The molecule has 6 rings (SSSR count). The normalized spacial score (nSPS) is 17.1. The van der Waals surface area contributed by atoms with Crippen LogP contribution in [0.2, 0.25) is 0 Å². The van der Waals surface area contributed by atoms with E-state index in [2.05, 4.69) is 15.6 Å². The fourth-order valence-electron chi connectivity index (χ4n) is 4.39. The predicted octanol–water partition coefficient (Wildman–Crippen LogP) is -0.528. The molecule has 3 aliphatic heterocycles. The minimum atomic E-state index is -0.944. The molecule has 11 nitrogen and oxygen atoms in total. The van der Waals surface area contributed by atoms with Gasteiger partial charge in [-0.05, 0) is 42.0 Å². The van der Waals surface area contributed by atoms with Gasteiger partial charge in [0.05, 0.1) is 11.8 Å². The first kappa shape index (κ1) is 22.7. The average Bonchev–Trinajstić information content (AvgIpc) is 3.03. The second-order valence-electron chi connectivity index (χ2n) is 8.93. The Labute approximate surface area is 197 Å². The van der Waals surface area contributed by atoms with Gasteiger partial charge >= 0.3 is 11.8 Å². The molecule has 12 heteroatoms. The minimum Gasteiger partial charge on any atom is -0.501 e. The van der Waals surface area contributed by atoms with Crippen LogP contribution in [0.25, 0.3) is 5.70 Å². The van der Waals surface area contributed by atoms with E-state index >= 15 is 0 Å². The third-order valence-electron chi connectivity index (χ3n) is 6.40. The maximum Gasteiger partial charge on any atom is 0.314 e. The van der Waals surface area contributed by atoms with Crippen LogP contribution in [-0.2, 0) is 22.7 Å². The fourth-order valence-corrected chi connectivity index (χ4v) is 4.39. The summed E-state index contributed by atoms with van der Waals surface area (Å²) >= 11 is 0. The maximum absolute atomic E-state index is 13.1. The standard InChI is InChI=1S/C23H22FN5O6/c24-14-3-1-11(2-4-14)7-25-20(32)17-18(31)22(34)29-8-12-5-13(6-12)16(19(29)26-17)27-21(33)23(35)28-9-15(30)10-28/h1-4,12,15,30-31H,5-10H2,(H,25,32)(H,27,33). The molecule has 1 aliphatic carbocycles. The quantitative estimate of drug-likeness (QED) is 0.427. The van der Waals surface area contributed by atoms with Crippen LogP contribution in [0.1, 0.15) is 34.7 Å². The van der Waals surface area contributed by atoms with Gasteiger partial charge in [-0.15, -0.1) is 0 Å². The topological polar surface area (TPSA) is 154 Å². The molecule has 0 atom stereocenters. The van der Waals surface area contributed by atoms with E-state index in [0.29, 0.717) is 18.4 Å². The van der Waals surface area contributed by atoms with E-state index in [1.165, 1.54) is 33.7 Å². The van der Waals surface area contributed by atoms with Gasteiger partial charge in [-0.2, -0.15) is 0 Å². The number of likely N-dealkylation sites (tertiary alicyclic amines) is 1. The number of aromatic hydroxyl groups is 1. The van der Waals surface area contributed by atoms with E-state index in [1.54, 1.807) is 0 Å². The van der Waals surface area contributed by atoms with E-state index in [4.69, 9.17) is 0 Å². The number of hydrogen-bond acceptors (Lipinski definition) is 7. The minimum absolute atomic E-state index is 0.00158. The molecule has 0 unspecified atom stereocenters. The van der Waals surface area contributed by atoms with Crippen LogP contribution in [0.4, 0.5) is 4.39 Å². The van der Waals surface area contributed by atoms with E-state index in [9.17, 15) is 33.8 Å². The summed E-state index contributed by atoms with van der Waals surface area (Å²) in [5.41, 5.74) is 0.187. The van der Waals surface area contributed by atoms with Gasteiger partial charge in [0, 0.05) is 26.2 Å². The van der Waals surface area contributed by atoms with Crippen molar-refractivity contribution in [3.8, 4) is 5.75 Å².